The Morgan fingerprint density at radius 2 is 1.79 bits per heavy atom. The topological polar surface area (TPSA) is 89.7 Å². The maximum absolute atomic E-state index is 12.9. The summed E-state index contributed by atoms with van der Waals surface area (Å²) in [7, 11) is 0. The fourth-order valence-corrected chi connectivity index (χ4v) is 3.36. The normalized spacial score (nSPS) is 20.0. The summed E-state index contributed by atoms with van der Waals surface area (Å²) in [5, 5.41) is 0. The van der Waals surface area contributed by atoms with E-state index in [1.807, 2.05) is 6.92 Å². The Kier molecular flexibility index (Phi) is 5.59. The van der Waals surface area contributed by atoms with Crippen molar-refractivity contribution in [3.05, 3.63) is 35.4 Å². The van der Waals surface area contributed by atoms with Crippen LogP contribution < -0.4 is 5.73 Å². The predicted molar refractivity (Wildman–Crippen MR) is 89.5 cm³/mol. The van der Waals surface area contributed by atoms with E-state index in [4.69, 9.17) is 10.5 Å². The molecular formula is C18H24N2O4. The van der Waals surface area contributed by atoms with Gasteiger partial charge in [-0.1, -0.05) is 13.3 Å². The van der Waals surface area contributed by atoms with Crippen LogP contribution in [0, 0.1) is 0 Å². The van der Waals surface area contributed by atoms with Crippen molar-refractivity contribution in [3.63, 3.8) is 0 Å². The van der Waals surface area contributed by atoms with Crippen molar-refractivity contribution in [2.24, 2.45) is 5.73 Å². The number of esters is 1. The second-order valence-electron chi connectivity index (χ2n) is 6.00. The Morgan fingerprint density at radius 1 is 1.17 bits per heavy atom. The molecule has 130 valence electrons. The van der Waals surface area contributed by atoms with Gasteiger partial charge in [0.15, 0.2) is 0 Å². The van der Waals surface area contributed by atoms with E-state index >= 15 is 0 Å². The maximum atomic E-state index is 12.9. The Morgan fingerprint density at radius 3 is 2.33 bits per heavy atom. The molecule has 1 atom stereocenters. The molecule has 2 N–H and O–H groups in total. The summed E-state index contributed by atoms with van der Waals surface area (Å²) >= 11 is 0. The molecule has 6 heteroatoms. The van der Waals surface area contributed by atoms with Crippen molar-refractivity contribution >= 4 is 17.8 Å². The second kappa shape index (κ2) is 7.47. The summed E-state index contributed by atoms with van der Waals surface area (Å²) in [5.74, 6) is -1.08. The monoisotopic (exact) mass is 332 g/mol. The summed E-state index contributed by atoms with van der Waals surface area (Å²) < 4.78 is 5.25. The molecule has 1 fully saturated rings. The van der Waals surface area contributed by atoms with Gasteiger partial charge in [0.1, 0.15) is 5.54 Å². The zero-order chi connectivity index (χ0) is 17.7. The average molecular weight is 332 g/mol. The molecule has 24 heavy (non-hydrogen) atoms. The van der Waals surface area contributed by atoms with E-state index < -0.39 is 11.4 Å². The lowest BCUT2D eigenvalue weighted by Gasteiger charge is -2.36. The first-order valence-corrected chi connectivity index (χ1v) is 8.35. The van der Waals surface area contributed by atoms with Gasteiger partial charge in [0.25, 0.3) is 5.91 Å². The highest BCUT2D eigenvalue weighted by Crippen LogP contribution is 2.36. The van der Waals surface area contributed by atoms with Gasteiger partial charge in [-0.05, 0) is 50.5 Å². The van der Waals surface area contributed by atoms with Crippen molar-refractivity contribution in [2.75, 3.05) is 13.2 Å². The van der Waals surface area contributed by atoms with Crippen LogP contribution in [0.5, 0.6) is 0 Å². The zero-order valence-corrected chi connectivity index (χ0v) is 14.2. The van der Waals surface area contributed by atoms with Crippen LogP contribution >= 0.6 is 0 Å². The van der Waals surface area contributed by atoms with E-state index in [9.17, 15) is 14.4 Å². The van der Waals surface area contributed by atoms with Crippen LogP contribution in [0.4, 0.5) is 0 Å². The summed E-state index contributed by atoms with van der Waals surface area (Å²) in [6.07, 6.45) is 2.74. The first-order valence-electron chi connectivity index (χ1n) is 8.35. The summed E-state index contributed by atoms with van der Waals surface area (Å²) in [6, 6.07) is 6.19. The molecule has 1 aromatic carbocycles. The lowest BCUT2D eigenvalue weighted by Crippen LogP contribution is -2.53. The SMILES string of the molecule is CCCC1(C(=O)OCC)CCCN1C(=O)c1ccc(C(N)=O)cc1. The smallest absolute Gasteiger partial charge is 0.332 e. The van der Waals surface area contributed by atoms with E-state index in [1.165, 1.54) is 12.1 Å². The van der Waals surface area contributed by atoms with Crippen LogP contribution in [0.2, 0.25) is 0 Å². The molecule has 1 aliphatic heterocycles. The van der Waals surface area contributed by atoms with Crippen LogP contribution in [-0.4, -0.2) is 41.4 Å². The first-order chi connectivity index (χ1) is 11.5. The van der Waals surface area contributed by atoms with Gasteiger partial charge in [-0.2, -0.15) is 0 Å². The number of likely N-dealkylation sites (tertiary alicyclic amines) is 1. The number of primary amides is 1. The molecule has 0 radical (unpaired) electrons. The fourth-order valence-electron chi connectivity index (χ4n) is 3.36. The summed E-state index contributed by atoms with van der Waals surface area (Å²) in [5.41, 5.74) is 5.12. The van der Waals surface area contributed by atoms with Crippen molar-refractivity contribution in [2.45, 2.75) is 45.1 Å². The summed E-state index contributed by atoms with van der Waals surface area (Å²) in [4.78, 5) is 38.3. The minimum atomic E-state index is -0.885. The van der Waals surface area contributed by atoms with E-state index in [-0.39, 0.29) is 11.9 Å². The summed E-state index contributed by atoms with van der Waals surface area (Å²) in [6.45, 7) is 4.57. The Labute approximate surface area is 142 Å². The Hall–Kier alpha value is -2.37. The minimum Gasteiger partial charge on any atom is -0.464 e. The largest absolute Gasteiger partial charge is 0.464 e. The standard InChI is InChI=1S/C18H24N2O4/c1-3-10-18(17(23)24-4-2)11-5-12-20(18)16(22)14-8-6-13(7-9-14)15(19)21/h6-9H,3-5,10-12H2,1-2H3,(H2,19,21). The third-order valence-electron chi connectivity index (χ3n) is 4.47. The molecule has 0 spiro atoms. The number of hydrogen-bond acceptors (Lipinski definition) is 4. The van der Waals surface area contributed by atoms with E-state index in [1.54, 1.807) is 24.0 Å². The molecule has 0 bridgehead atoms. The molecule has 2 rings (SSSR count). The molecule has 0 aliphatic carbocycles. The number of carbonyl (C=O) groups excluding carboxylic acids is 3. The number of nitrogens with two attached hydrogens (primary N) is 1. The van der Waals surface area contributed by atoms with Gasteiger partial charge in [0.2, 0.25) is 5.91 Å². The molecule has 6 nitrogen and oxygen atoms in total. The molecule has 1 heterocycles. The number of benzene rings is 1. The lowest BCUT2D eigenvalue weighted by atomic mass is 9.90. The van der Waals surface area contributed by atoms with E-state index in [0.29, 0.717) is 37.1 Å². The van der Waals surface area contributed by atoms with Gasteiger partial charge < -0.3 is 15.4 Å². The quantitative estimate of drug-likeness (QED) is 0.808. The number of nitrogens with zero attached hydrogens (tertiary/aromatic N) is 1. The van der Waals surface area contributed by atoms with Crippen LogP contribution in [0.15, 0.2) is 24.3 Å². The highest BCUT2D eigenvalue weighted by atomic mass is 16.5. The van der Waals surface area contributed by atoms with Gasteiger partial charge >= 0.3 is 5.97 Å². The molecular weight excluding hydrogens is 308 g/mol. The molecule has 0 aromatic heterocycles. The number of carbonyl (C=O) groups is 3. The number of rotatable bonds is 6. The highest BCUT2D eigenvalue weighted by molar-refractivity contribution is 6.00. The van der Waals surface area contributed by atoms with E-state index in [2.05, 4.69) is 0 Å². The highest BCUT2D eigenvalue weighted by Gasteiger charge is 2.50. The molecule has 2 amide bonds. The molecule has 1 aliphatic rings. The van der Waals surface area contributed by atoms with E-state index in [0.717, 1.165) is 12.8 Å². The van der Waals surface area contributed by atoms with Gasteiger partial charge in [0.05, 0.1) is 6.61 Å². The molecule has 0 saturated carbocycles. The second-order valence-corrected chi connectivity index (χ2v) is 6.00. The maximum Gasteiger partial charge on any atom is 0.332 e. The van der Waals surface area contributed by atoms with Crippen LogP contribution in [0.3, 0.4) is 0 Å². The number of hydrogen-bond donors (Lipinski definition) is 1. The minimum absolute atomic E-state index is 0.218. The third-order valence-corrected chi connectivity index (χ3v) is 4.47. The first kappa shape index (κ1) is 18.0. The van der Waals surface area contributed by atoms with Gasteiger partial charge in [-0.15, -0.1) is 0 Å². The predicted octanol–water partition coefficient (Wildman–Crippen LogP) is 2.12. The van der Waals surface area contributed by atoms with Crippen LogP contribution in [0.25, 0.3) is 0 Å². The Bertz CT molecular complexity index is 626. The van der Waals surface area contributed by atoms with Gasteiger partial charge in [-0.25, -0.2) is 4.79 Å². The molecule has 1 unspecified atom stereocenters. The lowest BCUT2D eigenvalue weighted by molar-refractivity contribution is -0.155. The Balaban J connectivity index is 2.31. The van der Waals surface area contributed by atoms with Crippen molar-refractivity contribution in [3.8, 4) is 0 Å². The van der Waals surface area contributed by atoms with Crippen molar-refractivity contribution in [1.82, 2.24) is 4.90 Å². The zero-order valence-electron chi connectivity index (χ0n) is 14.2. The average Bonchev–Trinajstić information content (AvgIpc) is 3.00. The van der Waals surface area contributed by atoms with Crippen LogP contribution in [0.1, 0.15) is 60.2 Å². The number of amides is 2. The van der Waals surface area contributed by atoms with Gasteiger partial charge in [0, 0.05) is 17.7 Å². The number of ether oxygens (including phenoxy) is 1. The fraction of sp³-hybridized carbons (Fsp3) is 0.500. The van der Waals surface area contributed by atoms with Crippen LogP contribution in [-0.2, 0) is 9.53 Å². The molecule has 1 saturated heterocycles. The van der Waals surface area contributed by atoms with Crippen molar-refractivity contribution < 1.29 is 19.1 Å². The van der Waals surface area contributed by atoms with Crippen molar-refractivity contribution in [1.29, 1.82) is 0 Å². The molecule has 1 aromatic rings. The third kappa shape index (κ3) is 3.27. The van der Waals surface area contributed by atoms with Gasteiger partial charge in [-0.3, -0.25) is 9.59 Å².